The summed E-state index contributed by atoms with van der Waals surface area (Å²) in [5.74, 6) is -1.15. The first-order valence-corrected chi connectivity index (χ1v) is 8.79. The predicted octanol–water partition coefficient (Wildman–Crippen LogP) is 3.06. The summed E-state index contributed by atoms with van der Waals surface area (Å²) in [4.78, 5) is 11.5. The lowest BCUT2D eigenvalue weighted by atomic mass is 10.1. The van der Waals surface area contributed by atoms with Gasteiger partial charge in [-0.25, -0.2) is 17.5 Å². The van der Waals surface area contributed by atoms with Gasteiger partial charge in [-0.3, -0.25) is 4.79 Å². The van der Waals surface area contributed by atoms with E-state index in [4.69, 9.17) is 11.6 Å². The molecule has 1 N–H and O–H groups in total. The number of halogens is 2. The molecule has 0 saturated heterocycles. The molecule has 0 fully saturated rings. The summed E-state index contributed by atoms with van der Waals surface area (Å²) in [6.07, 6.45) is -0.235. The molecule has 2 aromatic rings. The smallest absolute Gasteiger partial charge is 0.307 e. The number of sulfonamides is 1. The molecule has 128 valence electrons. The van der Waals surface area contributed by atoms with Crippen molar-refractivity contribution in [1.29, 1.82) is 0 Å². The highest BCUT2D eigenvalue weighted by atomic mass is 35.5. The fraction of sp³-hybridized carbons (Fsp3) is 0.188. The van der Waals surface area contributed by atoms with Crippen molar-refractivity contribution in [2.75, 3.05) is 7.11 Å². The molecule has 5 nitrogen and oxygen atoms in total. The van der Waals surface area contributed by atoms with E-state index in [1.165, 1.54) is 7.11 Å². The number of benzene rings is 2. The Hall–Kier alpha value is -1.96. The number of esters is 1. The number of hydrogen-bond acceptors (Lipinski definition) is 4. The number of methoxy groups -OCH3 is 1. The van der Waals surface area contributed by atoms with Gasteiger partial charge in [0.2, 0.25) is 10.0 Å². The van der Waals surface area contributed by atoms with E-state index in [0.717, 1.165) is 24.3 Å². The molecular formula is C16H15ClFNO4S. The number of ether oxygens (including phenoxy) is 1. The van der Waals surface area contributed by atoms with E-state index in [2.05, 4.69) is 9.46 Å². The van der Waals surface area contributed by atoms with Gasteiger partial charge in [-0.15, -0.1) is 0 Å². The van der Waals surface area contributed by atoms with Gasteiger partial charge in [-0.05, 0) is 35.9 Å². The molecule has 24 heavy (non-hydrogen) atoms. The third-order valence-electron chi connectivity index (χ3n) is 3.30. The van der Waals surface area contributed by atoms with Gasteiger partial charge in [0.1, 0.15) is 5.82 Å². The summed E-state index contributed by atoms with van der Waals surface area (Å²) in [5, 5.41) is 0.313. The van der Waals surface area contributed by atoms with Crippen LogP contribution in [-0.4, -0.2) is 21.5 Å². The van der Waals surface area contributed by atoms with Crippen molar-refractivity contribution in [3.8, 4) is 0 Å². The van der Waals surface area contributed by atoms with Crippen molar-refractivity contribution in [3.05, 3.63) is 64.9 Å². The molecule has 0 heterocycles. The first-order valence-electron chi connectivity index (χ1n) is 6.92. The molecule has 2 aromatic carbocycles. The molecule has 0 radical (unpaired) electrons. The Morgan fingerprint density at radius 2 is 1.83 bits per heavy atom. The molecule has 0 aliphatic rings. The largest absolute Gasteiger partial charge is 0.469 e. The maximum absolute atomic E-state index is 13.0. The standard InChI is InChI=1S/C16H15ClFNO4S/c1-23-16(20)10-15(13-4-2-3-5-14(13)17)19-24(21,22)12-8-6-11(18)7-9-12/h2-9,15,19H,10H2,1H3. The van der Waals surface area contributed by atoms with Gasteiger partial charge in [-0.1, -0.05) is 29.8 Å². The van der Waals surface area contributed by atoms with E-state index in [-0.39, 0.29) is 11.3 Å². The predicted molar refractivity (Wildman–Crippen MR) is 87.5 cm³/mol. The van der Waals surface area contributed by atoms with Crippen molar-refractivity contribution >= 4 is 27.6 Å². The highest BCUT2D eigenvalue weighted by Gasteiger charge is 2.25. The Bertz CT molecular complexity index is 824. The Labute approximate surface area is 144 Å². The summed E-state index contributed by atoms with van der Waals surface area (Å²) in [6.45, 7) is 0. The molecule has 1 unspecified atom stereocenters. The summed E-state index contributed by atoms with van der Waals surface area (Å²) in [5.41, 5.74) is 0.440. The lowest BCUT2D eigenvalue weighted by Crippen LogP contribution is -2.30. The third-order valence-corrected chi connectivity index (χ3v) is 5.13. The minimum Gasteiger partial charge on any atom is -0.469 e. The molecule has 0 spiro atoms. The molecule has 0 amide bonds. The second-order valence-electron chi connectivity index (χ2n) is 4.93. The van der Waals surface area contributed by atoms with E-state index >= 15 is 0 Å². The number of carbonyl (C=O) groups is 1. The van der Waals surface area contributed by atoms with Gasteiger partial charge in [0.05, 0.1) is 24.5 Å². The number of carbonyl (C=O) groups excluding carboxylic acids is 1. The second kappa shape index (κ2) is 7.74. The zero-order valence-corrected chi connectivity index (χ0v) is 14.3. The van der Waals surface area contributed by atoms with Crippen LogP contribution in [0.5, 0.6) is 0 Å². The van der Waals surface area contributed by atoms with Crippen LogP contribution in [0, 0.1) is 5.82 Å². The Kier molecular flexibility index (Phi) is 5.93. The molecule has 2 rings (SSSR count). The molecule has 0 aliphatic carbocycles. The van der Waals surface area contributed by atoms with Crippen LogP contribution in [0.1, 0.15) is 18.0 Å². The van der Waals surface area contributed by atoms with Crippen molar-refractivity contribution < 1.29 is 22.3 Å². The molecule has 0 aliphatic heterocycles. The van der Waals surface area contributed by atoms with E-state index in [0.29, 0.717) is 10.6 Å². The van der Waals surface area contributed by atoms with Gasteiger partial charge in [0, 0.05) is 5.02 Å². The maximum Gasteiger partial charge on any atom is 0.307 e. The van der Waals surface area contributed by atoms with Crippen LogP contribution in [0.3, 0.4) is 0 Å². The lowest BCUT2D eigenvalue weighted by molar-refractivity contribution is -0.141. The Morgan fingerprint density at radius 1 is 1.21 bits per heavy atom. The average molecular weight is 372 g/mol. The zero-order valence-electron chi connectivity index (χ0n) is 12.7. The SMILES string of the molecule is COC(=O)CC(NS(=O)(=O)c1ccc(F)cc1)c1ccccc1Cl. The van der Waals surface area contributed by atoms with Crippen molar-refractivity contribution in [2.45, 2.75) is 17.4 Å². The molecule has 8 heteroatoms. The van der Waals surface area contributed by atoms with Gasteiger partial charge in [0.25, 0.3) is 0 Å². The molecular weight excluding hydrogens is 357 g/mol. The van der Waals surface area contributed by atoms with Crippen LogP contribution in [0.4, 0.5) is 4.39 Å². The number of hydrogen-bond donors (Lipinski definition) is 1. The fourth-order valence-electron chi connectivity index (χ4n) is 2.09. The quantitative estimate of drug-likeness (QED) is 0.792. The van der Waals surface area contributed by atoms with Crippen LogP contribution in [0.2, 0.25) is 5.02 Å². The van der Waals surface area contributed by atoms with E-state index in [1.54, 1.807) is 24.3 Å². The van der Waals surface area contributed by atoms with Gasteiger partial charge in [0.15, 0.2) is 0 Å². The number of rotatable bonds is 6. The maximum atomic E-state index is 13.0. The molecule has 0 saturated carbocycles. The molecule has 0 aromatic heterocycles. The van der Waals surface area contributed by atoms with Crippen LogP contribution >= 0.6 is 11.6 Å². The molecule has 1 atom stereocenters. The third kappa shape index (κ3) is 4.53. The summed E-state index contributed by atoms with van der Waals surface area (Å²) in [7, 11) is -2.77. The van der Waals surface area contributed by atoms with Crippen LogP contribution < -0.4 is 4.72 Å². The Balaban J connectivity index is 2.36. The summed E-state index contributed by atoms with van der Waals surface area (Å²) in [6, 6.07) is 10.0. The minimum absolute atomic E-state index is 0.120. The van der Waals surface area contributed by atoms with E-state index < -0.39 is 27.9 Å². The highest BCUT2D eigenvalue weighted by Crippen LogP contribution is 2.27. The normalized spacial score (nSPS) is 12.6. The highest BCUT2D eigenvalue weighted by molar-refractivity contribution is 7.89. The van der Waals surface area contributed by atoms with Gasteiger partial charge < -0.3 is 4.74 Å². The van der Waals surface area contributed by atoms with Crippen LogP contribution in [0.25, 0.3) is 0 Å². The Morgan fingerprint density at radius 3 is 2.42 bits per heavy atom. The van der Waals surface area contributed by atoms with E-state index in [1.807, 2.05) is 0 Å². The number of nitrogens with one attached hydrogen (secondary N) is 1. The minimum atomic E-state index is -3.98. The van der Waals surface area contributed by atoms with Crippen molar-refractivity contribution in [1.82, 2.24) is 4.72 Å². The molecule has 0 bridgehead atoms. The van der Waals surface area contributed by atoms with Gasteiger partial charge in [-0.2, -0.15) is 0 Å². The average Bonchev–Trinajstić information content (AvgIpc) is 2.54. The first-order chi connectivity index (χ1) is 11.3. The first kappa shape index (κ1) is 18.4. The fourth-order valence-corrected chi connectivity index (χ4v) is 3.57. The van der Waals surface area contributed by atoms with Crippen LogP contribution in [-0.2, 0) is 19.6 Å². The topological polar surface area (TPSA) is 72.5 Å². The van der Waals surface area contributed by atoms with Crippen LogP contribution in [0.15, 0.2) is 53.4 Å². The zero-order chi connectivity index (χ0) is 17.7. The van der Waals surface area contributed by atoms with Crippen molar-refractivity contribution in [3.63, 3.8) is 0 Å². The second-order valence-corrected chi connectivity index (χ2v) is 7.05. The lowest BCUT2D eigenvalue weighted by Gasteiger charge is -2.19. The monoisotopic (exact) mass is 371 g/mol. The summed E-state index contributed by atoms with van der Waals surface area (Å²) >= 11 is 6.10. The van der Waals surface area contributed by atoms with E-state index in [9.17, 15) is 17.6 Å². The van der Waals surface area contributed by atoms with Crippen molar-refractivity contribution in [2.24, 2.45) is 0 Å². The summed E-state index contributed by atoms with van der Waals surface area (Å²) < 4.78 is 45.0. The van der Waals surface area contributed by atoms with Gasteiger partial charge >= 0.3 is 5.97 Å².